The second-order valence-electron chi connectivity index (χ2n) is 0.508. The summed E-state index contributed by atoms with van der Waals surface area (Å²) in [7, 11) is 0. The molecule has 0 nitrogen and oxygen atoms in total. The molecule has 0 rings (SSSR count). The molecule has 0 bridgehead atoms. The van der Waals surface area contributed by atoms with Crippen LogP contribution in [0, 0.1) is 0 Å². The van der Waals surface area contributed by atoms with Crippen molar-refractivity contribution in [2.45, 2.75) is 0 Å². The molecule has 0 saturated carbocycles. The van der Waals surface area contributed by atoms with Crippen LogP contribution in [0.15, 0.2) is 10.1 Å². The molecule has 0 N–H and O–H groups in total. The van der Waals surface area contributed by atoms with Gasteiger partial charge >= 0.3 is 54.3 Å². The molecule has 0 aliphatic heterocycles. The van der Waals surface area contributed by atoms with Gasteiger partial charge in [0.25, 0.3) is 0 Å². The van der Waals surface area contributed by atoms with Gasteiger partial charge in [0.15, 0.2) is 0 Å². The van der Waals surface area contributed by atoms with Gasteiger partial charge in [-0.1, -0.05) is 0 Å². The average Bonchev–Trinajstić information content (AvgIpc) is 1.41. The predicted octanol–water partition coefficient (Wildman–Crippen LogP) is -0.628. The summed E-state index contributed by atoms with van der Waals surface area (Å²) < 4.78 is 2.07. The van der Waals surface area contributed by atoms with Crippen LogP contribution in [0.5, 0.6) is 0 Å². The molecule has 0 aliphatic carbocycles. The van der Waals surface area contributed by atoms with E-state index in [-0.39, 0.29) is 0 Å². The van der Waals surface area contributed by atoms with Gasteiger partial charge in [0, 0.05) is 0 Å². The topological polar surface area (TPSA) is 0 Å². The predicted molar refractivity (Wildman–Crippen MR) is 28.1 cm³/mol. The molecule has 0 saturated heterocycles. The minimum absolute atomic E-state index is 1.46. The van der Waals surface area contributed by atoms with Crippen LogP contribution in [0.2, 0.25) is 0 Å². The Balaban J connectivity index is 2.92. The third-order valence-electron chi connectivity index (χ3n) is 0.182. The third-order valence-corrected chi connectivity index (χ3v) is 1.09. The van der Waals surface area contributed by atoms with E-state index < -0.39 is 0 Å². The van der Waals surface area contributed by atoms with Gasteiger partial charge in [-0.05, 0) is 0 Å². The van der Waals surface area contributed by atoms with E-state index in [0.29, 0.717) is 0 Å². The van der Waals surface area contributed by atoms with Crippen LogP contribution in [-0.2, 0) is 0 Å². The van der Waals surface area contributed by atoms with Crippen LogP contribution in [0.25, 0.3) is 0 Å². The quantitative estimate of drug-likeness (QED) is 0.532. The number of allylic oxidation sites excluding steroid dienone is 1. The summed E-state index contributed by atoms with van der Waals surface area (Å²) in [6.45, 7) is 0. The summed E-state index contributed by atoms with van der Waals surface area (Å²) in [5, 5.41) is 0. The van der Waals surface area contributed by atoms with E-state index in [9.17, 15) is 0 Å². The van der Waals surface area contributed by atoms with Crippen LogP contribution in [-0.4, -0.2) is 44.2 Å². The molecule has 0 spiro atoms. The molecule has 2 heteroatoms. The van der Waals surface area contributed by atoms with Crippen molar-refractivity contribution in [1.82, 2.24) is 0 Å². The van der Waals surface area contributed by atoms with E-state index >= 15 is 0 Å². The Bertz CT molecular complexity index is 48.9. The summed E-state index contributed by atoms with van der Waals surface area (Å²) in [5.41, 5.74) is 0. The Morgan fingerprint density at radius 2 is 2.20 bits per heavy atom. The molecule has 0 amide bonds. The molecule has 0 unspecified atom stereocenters. The molecule has 0 fully saturated rings. The maximum absolute atomic E-state index is 2.38. The fourth-order valence-electron chi connectivity index (χ4n) is 0.0430. The molecule has 5 heavy (non-hydrogen) atoms. The molecule has 0 aromatic rings. The molecule has 0 heterocycles. The van der Waals surface area contributed by atoms with Crippen molar-refractivity contribution in [2.75, 3.05) is 0 Å². The molecule has 2 radical (unpaired) electrons. The van der Waals surface area contributed by atoms with E-state index in [2.05, 4.69) is 20.4 Å². The maximum atomic E-state index is 2.38. The molecule has 0 aromatic heterocycles. The van der Waals surface area contributed by atoms with Crippen LogP contribution in [0.1, 0.15) is 0 Å². The van der Waals surface area contributed by atoms with Gasteiger partial charge in [0.1, 0.15) is 0 Å². The zero-order chi connectivity index (χ0) is 4.12. The molecular weight excluding hydrogens is 233 g/mol. The molecule has 0 aromatic carbocycles. The standard InChI is InChI=1S/C3H3As.Sb.H/c1-2-3-4;;/h1-3H;;. The summed E-state index contributed by atoms with van der Waals surface area (Å²) >= 11 is 3.84. The van der Waals surface area contributed by atoms with Crippen molar-refractivity contribution < 1.29 is 0 Å². The average molecular weight is 237 g/mol. The Labute approximate surface area is 54.2 Å². The van der Waals surface area contributed by atoms with E-state index in [1.807, 2.05) is 10.9 Å². The molecule has 26 valence electrons. The first-order valence-corrected chi connectivity index (χ1v) is 3.94. The molecule has 0 aliphatic rings. The first-order chi connectivity index (χ1) is 2.41. The molecule has 0 atom stereocenters. The van der Waals surface area contributed by atoms with Crippen LogP contribution >= 0.6 is 0 Å². The Morgan fingerprint density at radius 1 is 1.60 bits per heavy atom. The number of hydrogen-bond donors (Lipinski definition) is 0. The third kappa shape index (κ3) is 4.99. The van der Waals surface area contributed by atoms with E-state index in [0.717, 1.165) is 0 Å². The molecular formula is C3H4AsSb. The zero-order valence-corrected chi connectivity index (χ0v) is 7.41. The van der Waals surface area contributed by atoms with Crippen LogP contribution < -0.4 is 0 Å². The van der Waals surface area contributed by atoms with E-state index in [4.69, 9.17) is 0 Å². The Hall–Kier alpha value is 0.987. The monoisotopic (exact) mass is 236 g/mol. The summed E-state index contributed by atoms with van der Waals surface area (Å²) in [6.07, 6.45) is 2.01. The minimum atomic E-state index is 1.46. The van der Waals surface area contributed by atoms with Crippen molar-refractivity contribution in [3.8, 4) is 0 Å². The van der Waals surface area contributed by atoms with Gasteiger partial charge in [-0.15, -0.1) is 0 Å². The SMILES string of the molecule is [As]=CC=[CH][SbH]. The van der Waals surface area contributed by atoms with Gasteiger partial charge in [-0.2, -0.15) is 0 Å². The van der Waals surface area contributed by atoms with Crippen molar-refractivity contribution in [3.05, 3.63) is 10.1 Å². The van der Waals surface area contributed by atoms with Gasteiger partial charge in [0.05, 0.1) is 0 Å². The fraction of sp³-hybridized carbons (Fsp3) is 0. The van der Waals surface area contributed by atoms with Gasteiger partial charge < -0.3 is 0 Å². The second kappa shape index (κ2) is 4.99. The van der Waals surface area contributed by atoms with E-state index in [1.165, 1.54) is 23.0 Å². The summed E-state index contributed by atoms with van der Waals surface area (Å²) in [6, 6.07) is 0. The summed E-state index contributed by atoms with van der Waals surface area (Å²) in [5.74, 6) is 0. The second-order valence-corrected chi connectivity index (χ2v) is 2.09. The van der Waals surface area contributed by atoms with Gasteiger partial charge in [0.2, 0.25) is 0 Å². The number of hydrogen-bond acceptors (Lipinski definition) is 0. The summed E-state index contributed by atoms with van der Waals surface area (Å²) in [4.78, 5) is 1.96. The van der Waals surface area contributed by atoms with Crippen LogP contribution in [0.4, 0.5) is 0 Å². The Kier molecular flexibility index (Phi) is 5.97. The first-order valence-electron chi connectivity index (χ1n) is 1.21. The van der Waals surface area contributed by atoms with Gasteiger partial charge in [-0.3, -0.25) is 0 Å². The Morgan fingerprint density at radius 3 is 2.20 bits per heavy atom. The normalized spacial score (nSPS) is 9.00. The van der Waals surface area contributed by atoms with Crippen molar-refractivity contribution in [1.29, 1.82) is 0 Å². The fourth-order valence-corrected chi connectivity index (χ4v) is 1.50. The first kappa shape index (κ1) is 5.99. The van der Waals surface area contributed by atoms with Gasteiger partial charge in [-0.25, -0.2) is 0 Å². The van der Waals surface area contributed by atoms with Crippen molar-refractivity contribution >= 4 is 44.2 Å². The number of rotatable bonds is 1. The van der Waals surface area contributed by atoms with E-state index in [1.54, 1.807) is 0 Å². The van der Waals surface area contributed by atoms with Crippen molar-refractivity contribution in [2.24, 2.45) is 0 Å². The van der Waals surface area contributed by atoms with Crippen molar-refractivity contribution in [3.63, 3.8) is 0 Å². The zero-order valence-electron chi connectivity index (χ0n) is 2.68. The van der Waals surface area contributed by atoms with Crippen LogP contribution in [0.3, 0.4) is 0 Å².